The Morgan fingerprint density at radius 2 is 2.25 bits per heavy atom. The van der Waals surface area contributed by atoms with Crippen molar-refractivity contribution in [1.29, 1.82) is 0 Å². The fourth-order valence-electron chi connectivity index (χ4n) is 3.05. The summed E-state index contributed by atoms with van der Waals surface area (Å²) < 4.78 is 5.82. The highest BCUT2D eigenvalue weighted by molar-refractivity contribution is 5.27. The molecule has 2 unspecified atom stereocenters. The zero-order valence-electron chi connectivity index (χ0n) is 12.8. The molecule has 2 N–H and O–H groups in total. The Hall–Kier alpha value is -1.06. The first kappa shape index (κ1) is 15.3. The summed E-state index contributed by atoms with van der Waals surface area (Å²) in [6.07, 6.45) is 4.94. The summed E-state index contributed by atoms with van der Waals surface area (Å²) in [5.41, 5.74) is 7.34. The number of piperidine rings is 1. The Kier molecular flexibility index (Phi) is 5.86. The molecule has 1 saturated heterocycles. The number of hydrogen-bond acceptors (Lipinski definition) is 3. The molecule has 112 valence electrons. The summed E-state index contributed by atoms with van der Waals surface area (Å²) in [6.45, 7) is 7.29. The van der Waals surface area contributed by atoms with Crippen molar-refractivity contribution in [2.24, 2.45) is 5.73 Å². The SMILES string of the molecule is Cc1cccc(OCCCN2CCCCC2C(C)N)c1. The first-order chi connectivity index (χ1) is 9.66. The Balaban J connectivity index is 1.72. The summed E-state index contributed by atoms with van der Waals surface area (Å²) in [6, 6.07) is 9.08. The van der Waals surface area contributed by atoms with Crippen LogP contribution < -0.4 is 10.5 Å². The third-order valence-corrected chi connectivity index (χ3v) is 4.12. The van der Waals surface area contributed by atoms with Crippen LogP contribution in [0.25, 0.3) is 0 Å². The van der Waals surface area contributed by atoms with Crippen LogP contribution >= 0.6 is 0 Å². The molecular formula is C17H28N2O. The van der Waals surface area contributed by atoms with Crippen LogP contribution in [0.3, 0.4) is 0 Å². The topological polar surface area (TPSA) is 38.5 Å². The van der Waals surface area contributed by atoms with Gasteiger partial charge in [0, 0.05) is 18.6 Å². The van der Waals surface area contributed by atoms with Gasteiger partial charge in [0.1, 0.15) is 5.75 Å². The van der Waals surface area contributed by atoms with Gasteiger partial charge in [-0.25, -0.2) is 0 Å². The van der Waals surface area contributed by atoms with E-state index in [4.69, 9.17) is 10.5 Å². The zero-order chi connectivity index (χ0) is 14.4. The van der Waals surface area contributed by atoms with Crippen LogP contribution in [-0.4, -0.2) is 36.7 Å². The van der Waals surface area contributed by atoms with Gasteiger partial charge in [-0.3, -0.25) is 4.90 Å². The molecule has 0 bridgehead atoms. The second-order valence-electron chi connectivity index (χ2n) is 5.98. The highest BCUT2D eigenvalue weighted by Crippen LogP contribution is 2.19. The van der Waals surface area contributed by atoms with Crippen LogP contribution in [0.4, 0.5) is 0 Å². The molecule has 2 rings (SSSR count). The Morgan fingerprint density at radius 3 is 3.00 bits per heavy atom. The monoisotopic (exact) mass is 276 g/mol. The maximum Gasteiger partial charge on any atom is 0.119 e. The van der Waals surface area contributed by atoms with Gasteiger partial charge in [0.25, 0.3) is 0 Å². The smallest absolute Gasteiger partial charge is 0.119 e. The molecule has 2 atom stereocenters. The lowest BCUT2D eigenvalue weighted by Crippen LogP contribution is -2.49. The molecule has 1 heterocycles. The predicted octanol–water partition coefficient (Wildman–Crippen LogP) is 2.97. The molecule has 1 aliphatic heterocycles. The average Bonchev–Trinajstić information content (AvgIpc) is 2.44. The van der Waals surface area contributed by atoms with Gasteiger partial charge in [-0.05, 0) is 57.4 Å². The minimum atomic E-state index is 0.271. The third kappa shape index (κ3) is 4.50. The van der Waals surface area contributed by atoms with Crippen molar-refractivity contribution in [2.45, 2.75) is 51.6 Å². The number of hydrogen-bond donors (Lipinski definition) is 1. The number of aryl methyl sites for hydroxylation is 1. The van der Waals surface area contributed by atoms with Crippen LogP contribution in [0.15, 0.2) is 24.3 Å². The van der Waals surface area contributed by atoms with Gasteiger partial charge in [0.15, 0.2) is 0 Å². The second kappa shape index (κ2) is 7.65. The first-order valence-electron chi connectivity index (χ1n) is 7.86. The lowest BCUT2D eigenvalue weighted by atomic mass is 9.97. The molecule has 0 saturated carbocycles. The minimum Gasteiger partial charge on any atom is -0.494 e. The standard InChI is InChI=1S/C17H28N2O/c1-14-7-5-8-16(13-14)20-12-6-11-19-10-4-3-9-17(19)15(2)18/h5,7-8,13,15,17H,3-4,6,9-12,18H2,1-2H3. The molecule has 0 aromatic heterocycles. The predicted molar refractivity (Wildman–Crippen MR) is 84.2 cm³/mol. The van der Waals surface area contributed by atoms with Gasteiger partial charge in [0.2, 0.25) is 0 Å². The summed E-state index contributed by atoms with van der Waals surface area (Å²) >= 11 is 0. The number of nitrogens with two attached hydrogens (primary N) is 1. The molecule has 0 aliphatic carbocycles. The average molecular weight is 276 g/mol. The number of rotatable bonds is 6. The van der Waals surface area contributed by atoms with Crippen molar-refractivity contribution in [1.82, 2.24) is 4.90 Å². The van der Waals surface area contributed by atoms with Crippen LogP contribution in [-0.2, 0) is 0 Å². The molecule has 3 nitrogen and oxygen atoms in total. The molecule has 1 aromatic rings. The summed E-state index contributed by atoms with van der Waals surface area (Å²) in [4.78, 5) is 2.55. The maximum atomic E-state index is 6.10. The molecule has 0 radical (unpaired) electrons. The fraction of sp³-hybridized carbons (Fsp3) is 0.647. The van der Waals surface area contributed by atoms with Crippen molar-refractivity contribution >= 4 is 0 Å². The summed E-state index contributed by atoms with van der Waals surface area (Å²) in [7, 11) is 0. The highest BCUT2D eigenvalue weighted by Gasteiger charge is 2.24. The van der Waals surface area contributed by atoms with E-state index in [0.717, 1.165) is 25.3 Å². The van der Waals surface area contributed by atoms with E-state index >= 15 is 0 Å². The zero-order valence-corrected chi connectivity index (χ0v) is 12.8. The molecule has 1 aliphatic rings. The van der Waals surface area contributed by atoms with E-state index in [1.54, 1.807) is 0 Å². The molecule has 0 spiro atoms. The molecular weight excluding hydrogens is 248 g/mol. The fourth-order valence-corrected chi connectivity index (χ4v) is 3.05. The van der Waals surface area contributed by atoms with Gasteiger partial charge in [-0.15, -0.1) is 0 Å². The van der Waals surface area contributed by atoms with Gasteiger partial charge < -0.3 is 10.5 Å². The van der Waals surface area contributed by atoms with E-state index < -0.39 is 0 Å². The third-order valence-electron chi connectivity index (χ3n) is 4.12. The molecule has 1 aromatic carbocycles. The van der Waals surface area contributed by atoms with Crippen molar-refractivity contribution in [2.75, 3.05) is 19.7 Å². The van der Waals surface area contributed by atoms with Crippen LogP contribution in [0.1, 0.15) is 38.2 Å². The lowest BCUT2D eigenvalue weighted by Gasteiger charge is -2.38. The largest absolute Gasteiger partial charge is 0.494 e. The maximum absolute atomic E-state index is 6.10. The molecule has 3 heteroatoms. The van der Waals surface area contributed by atoms with E-state index in [2.05, 4.69) is 30.9 Å². The number of benzene rings is 1. The number of ether oxygens (including phenoxy) is 1. The van der Waals surface area contributed by atoms with Crippen molar-refractivity contribution in [3.05, 3.63) is 29.8 Å². The van der Waals surface area contributed by atoms with Gasteiger partial charge >= 0.3 is 0 Å². The van der Waals surface area contributed by atoms with E-state index in [1.807, 2.05) is 12.1 Å². The summed E-state index contributed by atoms with van der Waals surface area (Å²) in [5.74, 6) is 0.979. The van der Waals surface area contributed by atoms with Crippen molar-refractivity contribution in [3.8, 4) is 5.75 Å². The Bertz CT molecular complexity index is 406. The van der Waals surface area contributed by atoms with E-state index in [-0.39, 0.29) is 6.04 Å². The highest BCUT2D eigenvalue weighted by atomic mass is 16.5. The van der Waals surface area contributed by atoms with E-state index in [0.29, 0.717) is 6.04 Å². The van der Waals surface area contributed by atoms with Crippen molar-refractivity contribution < 1.29 is 4.74 Å². The van der Waals surface area contributed by atoms with Gasteiger partial charge in [-0.2, -0.15) is 0 Å². The Labute approximate surface area is 123 Å². The summed E-state index contributed by atoms with van der Waals surface area (Å²) in [5, 5.41) is 0. The molecule has 20 heavy (non-hydrogen) atoms. The molecule has 0 amide bonds. The van der Waals surface area contributed by atoms with Crippen LogP contribution in [0, 0.1) is 6.92 Å². The second-order valence-corrected chi connectivity index (χ2v) is 5.98. The van der Waals surface area contributed by atoms with E-state index in [1.165, 1.54) is 31.4 Å². The van der Waals surface area contributed by atoms with Gasteiger partial charge in [-0.1, -0.05) is 18.6 Å². The Morgan fingerprint density at radius 1 is 1.40 bits per heavy atom. The van der Waals surface area contributed by atoms with E-state index in [9.17, 15) is 0 Å². The first-order valence-corrected chi connectivity index (χ1v) is 7.86. The lowest BCUT2D eigenvalue weighted by molar-refractivity contribution is 0.122. The normalized spacial score (nSPS) is 21.6. The van der Waals surface area contributed by atoms with Crippen LogP contribution in [0.2, 0.25) is 0 Å². The number of nitrogens with zero attached hydrogens (tertiary/aromatic N) is 1. The van der Waals surface area contributed by atoms with Gasteiger partial charge in [0.05, 0.1) is 6.61 Å². The minimum absolute atomic E-state index is 0.271. The molecule has 1 fully saturated rings. The van der Waals surface area contributed by atoms with Crippen molar-refractivity contribution in [3.63, 3.8) is 0 Å². The van der Waals surface area contributed by atoms with Crippen LogP contribution in [0.5, 0.6) is 5.75 Å². The number of likely N-dealkylation sites (tertiary alicyclic amines) is 1. The quantitative estimate of drug-likeness (QED) is 0.812.